The first-order chi connectivity index (χ1) is 13.8. The van der Waals surface area contributed by atoms with Crippen molar-refractivity contribution in [3.05, 3.63) is 56.7 Å². The van der Waals surface area contributed by atoms with Gasteiger partial charge in [-0.3, -0.25) is 0 Å². The van der Waals surface area contributed by atoms with Crippen molar-refractivity contribution in [2.75, 3.05) is 19.7 Å². The number of ether oxygens (including phenoxy) is 1. The minimum absolute atomic E-state index is 0. The van der Waals surface area contributed by atoms with Gasteiger partial charge < -0.3 is 20.5 Å². The van der Waals surface area contributed by atoms with Crippen molar-refractivity contribution >= 4 is 52.9 Å². The fourth-order valence-corrected chi connectivity index (χ4v) is 3.46. The first-order valence-electron chi connectivity index (χ1n) is 8.94. The number of rotatable bonds is 9. The van der Waals surface area contributed by atoms with Crippen molar-refractivity contribution in [3.63, 3.8) is 0 Å². The summed E-state index contributed by atoms with van der Waals surface area (Å²) in [5, 5.41) is 16.4. The molecule has 1 unspecified atom stereocenters. The van der Waals surface area contributed by atoms with E-state index in [9.17, 15) is 18.3 Å². The summed E-state index contributed by atoms with van der Waals surface area (Å²) in [6, 6.07) is 10.6. The lowest BCUT2D eigenvalue weighted by Crippen LogP contribution is -2.39. The topological polar surface area (TPSA) is 65.9 Å². The van der Waals surface area contributed by atoms with Crippen LogP contribution in [-0.4, -0.2) is 36.9 Å². The summed E-state index contributed by atoms with van der Waals surface area (Å²) in [7, 11) is 0. The molecule has 11 heteroatoms. The molecule has 0 fully saturated rings. The molecule has 0 radical (unpaired) electrons. The second kappa shape index (κ2) is 13.4. The molecule has 1 aromatic carbocycles. The standard InChI is InChI=1S/C19H23ClF3N3O2S.HI/c1-2-24-18(26-10-15(27)16-6-7-17(20)29-16)25-9-13-4-3-5-14(8-13)11-28-12-19(21,22)23;/h3-8,15,27H,2,9-12H2,1H3,(H2,24,25,26);1H. The SMILES string of the molecule is CCNC(=NCc1cccc(COCC(F)(F)F)c1)NCC(O)c1ccc(Cl)s1.I. The number of nitrogens with zero attached hydrogens (tertiary/aromatic N) is 1. The molecule has 0 saturated heterocycles. The number of nitrogens with one attached hydrogen (secondary N) is 2. The molecule has 168 valence electrons. The summed E-state index contributed by atoms with van der Waals surface area (Å²) >= 11 is 7.20. The van der Waals surface area contributed by atoms with Crippen molar-refractivity contribution in [3.8, 4) is 0 Å². The van der Waals surface area contributed by atoms with Gasteiger partial charge in [-0.1, -0.05) is 35.9 Å². The average Bonchev–Trinajstić information content (AvgIpc) is 3.09. The predicted molar refractivity (Wildman–Crippen MR) is 125 cm³/mol. The van der Waals surface area contributed by atoms with Crippen LogP contribution in [0.1, 0.15) is 29.0 Å². The maximum atomic E-state index is 12.2. The van der Waals surface area contributed by atoms with E-state index in [0.717, 1.165) is 10.4 Å². The van der Waals surface area contributed by atoms with Gasteiger partial charge in [-0.2, -0.15) is 13.2 Å². The van der Waals surface area contributed by atoms with Crippen molar-refractivity contribution in [2.45, 2.75) is 32.4 Å². The van der Waals surface area contributed by atoms with Crippen LogP contribution in [0.4, 0.5) is 13.2 Å². The van der Waals surface area contributed by atoms with Gasteiger partial charge in [0.15, 0.2) is 5.96 Å². The third-order valence-electron chi connectivity index (χ3n) is 3.68. The van der Waals surface area contributed by atoms with E-state index in [-0.39, 0.29) is 37.1 Å². The molecule has 30 heavy (non-hydrogen) atoms. The third kappa shape index (κ3) is 10.3. The summed E-state index contributed by atoms with van der Waals surface area (Å²) in [6.07, 6.45) is -5.06. The van der Waals surface area contributed by atoms with Gasteiger partial charge in [0.25, 0.3) is 0 Å². The van der Waals surface area contributed by atoms with E-state index in [0.29, 0.717) is 28.9 Å². The first kappa shape index (κ1) is 27.0. The molecule has 2 rings (SSSR count). The van der Waals surface area contributed by atoms with Gasteiger partial charge in [-0.15, -0.1) is 35.3 Å². The number of aliphatic hydroxyl groups excluding tert-OH is 1. The normalized spacial score (nSPS) is 12.9. The van der Waals surface area contributed by atoms with Crippen LogP contribution in [0, 0.1) is 0 Å². The first-order valence-corrected chi connectivity index (χ1v) is 10.1. The van der Waals surface area contributed by atoms with Gasteiger partial charge in [0.1, 0.15) is 12.7 Å². The monoisotopic (exact) mass is 577 g/mol. The Morgan fingerprint density at radius 1 is 1.23 bits per heavy atom. The van der Waals surface area contributed by atoms with Gasteiger partial charge in [0.2, 0.25) is 0 Å². The van der Waals surface area contributed by atoms with Crippen LogP contribution in [0.25, 0.3) is 0 Å². The van der Waals surface area contributed by atoms with Gasteiger partial charge in [-0.05, 0) is 30.2 Å². The highest BCUT2D eigenvalue weighted by atomic mass is 127. The molecular weight excluding hydrogens is 554 g/mol. The highest BCUT2D eigenvalue weighted by Crippen LogP contribution is 2.26. The Morgan fingerprint density at radius 3 is 2.60 bits per heavy atom. The van der Waals surface area contributed by atoms with Gasteiger partial charge in [-0.25, -0.2) is 4.99 Å². The van der Waals surface area contributed by atoms with E-state index >= 15 is 0 Å². The number of guanidine groups is 1. The predicted octanol–water partition coefficient (Wildman–Crippen LogP) is 4.89. The maximum Gasteiger partial charge on any atom is 0.411 e. The quantitative estimate of drug-likeness (QED) is 0.226. The smallest absolute Gasteiger partial charge is 0.386 e. The summed E-state index contributed by atoms with van der Waals surface area (Å²) in [5.74, 6) is 0.521. The Balaban J connectivity index is 0.00000450. The zero-order chi connectivity index (χ0) is 21.3. The maximum absolute atomic E-state index is 12.2. The molecule has 1 aromatic heterocycles. The molecule has 0 spiro atoms. The van der Waals surface area contributed by atoms with Crippen molar-refractivity contribution in [2.24, 2.45) is 4.99 Å². The molecule has 0 aliphatic carbocycles. The van der Waals surface area contributed by atoms with Gasteiger partial charge in [0, 0.05) is 18.0 Å². The molecular formula is C19H24ClF3IN3O2S. The third-order valence-corrected chi connectivity index (χ3v) is 5.01. The van der Waals surface area contributed by atoms with E-state index < -0.39 is 18.9 Å². The largest absolute Gasteiger partial charge is 0.411 e. The lowest BCUT2D eigenvalue weighted by molar-refractivity contribution is -0.176. The number of hydrogen-bond donors (Lipinski definition) is 3. The van der Waals surface area contributed by atoms with Crippen LogP contribution in [0.2, 0.25) is 4.34 Å². The summed E-state index contributed by atoms with van der Waals surface area (Å²) in [6.45, 7) is 1.74. The zero-order valence-corrected chi connectivity index (χ0v) is 20.1. The van der Waals surface area contributed by atoms with E-state index in [1.807, 2.05) is 13.0 Å². The molecule has 2 aromatic rings. The highest BCUT2D eigenvalue weighted by molar-refractivity contribution is 14.0. The van der Waals surface area contributed by atoms with Crippen LogP contribution < -0.4 is 10.6 Å². The highest BCUT2D eigenvalue weighted by Gasteiger charge is 2.27. The minimum Gasteiger partial charge on any atom is -0.386 e. The molecule has 5 nitrogen and oxygen atoms in total. The lowest BCUT2D eigenvalue weighted by Gasteiger charge is -2.14. The number of aliphatic hydroxyl groups is 1. The summed E-state index contributed by atoms with van der Waals surface area (Å²) < 4.78 is 41.8. The number of benzene rings is 1. The van der Waals surface area contributed by atoms with E-state index in [4.69, 9.17) is 16.3 Å². The Kier molecular flexibility index (Phi) is 12.0. The summed E-state index contributed by atoms with van der Waals surface area (Å²) in [4.78, 5) is 5.21. The van der Waals surface area contributed by atoms with Crippen LogP contribution in [0.3, 0.4) is 0 Å². The second-order valence-electron chi connectivity index (χ2n) is 6.16. The molecule has 1 heterocycles. The van der Waals surface area contributed by atoms with Crippen LogP contribution in [-0.2, 0) is 17.9 Å². The van der Waals surface area contributed by atoms with Crippen LogP contribution >= 0.6 is 46.9 Å². The number of hydrogen-bond acceptors (Lipinski definition) is 4. The molecule has 1 atom stereocenters. The average molecular weight is 578 g/mol. The fraction of sp³-hybridized carbons (Fsp3) is 0.421. The Labute approximate surface area is 199 Å². The van der Waals surface area contributed by atoms with Crippen molar-refractivity contribution < 1.29 is 23.0 Å². The Bertz CT molecular complexity index is 805. The van der Waals surface area contributed by atoms with E-state index in [1.165, 1.54) is 11.3 Å². The molecule has 0 bridgehead atoms. The lowest BCUT2D eigenvalue weighted by atomic mass is 10.1. The molecule has 0 aliphatic heterocycles. The molecule has 0 aliphatic rings. The zero-order valence-electron chi connectivity index (χ0n) is 16.2. The van der Waals surface area contributed by atoms with E-state index in [1.54, 1.807) is 30.3 Å². The van der Waals surface area contributed by atoms with Crippen molar-refractivity contribution in [1.82, 2.24) is 10.6 Å². The summed E-state index contributed by atoms with van der Waals surface area (Å²) in [5.41, 5.74) is 1.48. The van der Waals surface area contributed by atoms with Crippen molar-refractivity contribution in [1.29, 1.82) is 0 Å². The van der Waals surface area contributed by atoms with Crippen LogP contribution in [0.5, 0.6) is 0 Å². The second-order valence-corrected chi connectivity index (χ2v) is 7.91. The van der Waals surface area contributed by atoms with Gasteiger partial charge in [0.05, 0.1) is 17.5 Å². The Hall–Kier alpha value is -1.08. The number of aliphatic imine (C=N–C) groups is 1. The molecule has 0 amide bonds. The van der Waals surface area contributed by atoms with E-state index in [2.05, 4.69) is 15.6 Å². The fourth-order valence-electron chi connectivity index (χ4n) is 2.42. The number of halogens is 5. The minimum atomic E-state index is -4.34. The Morgan fingerprint density at radius 2 is 1.97 bits per heavy atom. The molecule has 0 saturated carbocycles. The number of thiophene rings is 1. The van der Waals surface area contributed by atoms with Gasteiger partial charge >= 0.3 is 6.18 Å². The number of alkyl halides is 3. The molecule has 3 N–H and O–H groups in total. The van der Waals surface area contributed by atoms with Crippen LogP contribution in [0.15, 0.2) is 41.4 Å².